The van der Waals surface area contributed by atoms with Crippen LogP contribution in [0.3, 0.4) is 0 Å². The van der Waals surface area contributed by atoms with Crippen molar-refractivity contribution in [2.75, 3.05) is 24.6 Å². The van der Waals surface area contributed by atoms with Gasteiger partial charge in [0.25, 0.3) is 5.69 Å². The number of morpholine rings is 1. The van der Waals surface area contributed by atoms with Crippen LogP contribution < -0.4 is 4.90 Å². The molecule has 1 unspecified atom stereocenters. The van der Waals surface area contributed by atoms with Crippen LogP contribution in [0.2, 0.25) is 0 Å². The summed E-state index contributed by atoms with van der Waals surface area (Å²) in [4.78, 5) is 22.0. The van der Waals surface area contributed by atoms with E-state index in [2.05, 4.69) is 20.0 Å². The van der Waals surface area contributed by atoms with E-state index in [0.717, 1.165) is 23.6 Å². The minimum atomic E-state index is -0.413. The average molecular weight is 394 g/mol. The van der Waals surface area contributed by atoms with E-state index in [9.17, 15) is 10.1 Å². The van der Waals surface area contributed by atoms with Crippen LogP contribution in [0.15, 0.2) is 42.7 Å². The van der Waals surface area contributed by atoms with E-state index in [1.165, 1.54) is 12.1 Å². The molecule has 1 aliphatic heterocycles. The van der Waals surface area contributed by atoms with Crippen LogP contribution in [0, 0.1) is 24.0 Å². The largest absolute Gasteiger partial charge is 0.373 e. The maximum Gasteiger partial charge on any atom is 0.270 e. The molecule has 9 heteroatoms. The number of nitro groups is 1. The highest BCUT2D eigenvalue weighted by Gasteiger charge is 2.23. The molecule has 1 saturated heterocycles. The molecule has 150 valence electrons. The second-order valence-electron chi connectivity index (χ2n) is 7.18. The first-order chi connectivity index (χ1) is 14.0. The molecule has 0 N–H and O–H groups in total. The summed E-state index contributed by atoms with van der Waals surface area (Å²) in [5, 5.41) is 15.4. The van der Waals surface area contributed by atoms with Crippen LogP contribution in [0.25, 0.3) is 11.4 Å². The van der Waals surface area contributed by atoms with Gasteiger partial charge in [-0.05, 0) is 19.4 Å². The summed E-state index contributed by atoms with van der Waals surface area (Å²) in [7, 11) is 0. The van der Waals surface area contributed by atoms with Gasteiger partial charge in [0.1, 0.15) is 5.82 Å². The fourth-order valence-corrected chi connectivity index (χ4v) is 3.41. The number of hydrogen-bond acceptors (Lipinski definition) is 7. The molecule has 0 bridgehead atoms. The van der Waals surface area contributed by atoms with Crippen LogP contribution in [0.5, 0.6) is 0 Å². The first kappa shape index (κ1) is 19.0. The Hall–Kier alpha value is -3.33. The topological polar surface area (TPSA) is 99.2 Å². The normalized spacial score (nSPS) is 16.8. The van der Waals surface area contributed by atoms with Crippen molar-refractivity contribution >= 4 is 11.5 Å². The SMILES string of the molecule is Cc1cnn(CC2CN(c3cc(C)nc(-c4cccc([N+](=O)[O-])c4)n3)CCO2)c1. The van der Waals surface area contributed by atoms with Crippen LogP contribution in [-0.4, -0.2) is 50.5 Å². The quantitative estimate of drug-likeness (QED) is 0.485. The number of rotatable bonds is 5. The van der Waals surface area contributed by atoms with Gasteiger partial charge in [0.2, 0.25) is 0 Å². The zero-order valence-corrected chi connectivity index (χ0v) is 16.4. The number of aromatic nitrogens is 4. The van der Waals surface area contributed by atoms with E-state index in [1.807, 2.05) is 37.0 Å². The average Bonchev–Trinajstić information content (AvgIpc) is 3.12. The smallest absolute Gasteiger partial charge is 0.270 e. The Morgan fingerprint density at radius 1 is 1.28 bits per heavy atom. The van der Waals surface area contributed by atoms with E-state index in [-0.39, 0.29) is 11.8 Å². The Labute approximate surface area is 168 Å². The maximum absolute atomic E-state index is 11.1. The van der Waals surface area contributed by atoms with E-state index in [1.54, 1.807) is 12.1 Å². The van der Waals surface area contributed by atoms with Gasteiger partial charge in [-0.1, -0.05) is 12.1 Å². The third-order valence-corrected chi connectivity index (χ3v) is 4.77. The van der Waals surface area contributed by atoms with Crippen molar-refractivity contribution in [2.24, 2.45) is 0 Å². The van der Waals surface area contributed by atoms with Gasteiger partial charge in [0.05, 0.1) is 30.4 Å². The molecule has 0 radical (unpaired) electrons. The van der Waals surface area contributed by atoms with Crippen molar-refractivity contribution in [3.05, 3.63) is 64.1 Å². The molecule has 3 heterocycles. The lowest BCUT2D eigenvalue weighted by Gasteiger charge is -2.34. The second-order valence-corrected chi connectivity index (χ2v) is 7.18. The van der Waals surface area contributed by atoms with Crippen molar-refractivity contribution in [3.63, 3.8) is 0 Å². The maximum atomic E-state index is 11.1. The van der Waals surface area contributed by atoms with Crippen molar-refractivity contribution in [2.45, 2.75) is 26.5 Å². The summed E-state index contributed by atoms with van der Waals surface area (Å²) in [6, 6.07) is 8.33. The molecule has 9 nitrogen and oxygen atoms in total. The molecule has 0 amide bonds. The first-order valence-corrected chi connectivity index (χ1v) is 9.44. The summed E-state index contributed by atoms with van der Waals surface area (Å²) in [6.45, 7) is 6.59. The summed E-state index contributed by atoms with van der Waals surface area (Å²) < 4.78 is 7.80. The van der Waals surface area contributed by atoms with Gasteiger partial charge in [0.15, 0.2) is 5.82 Å². The molecule has 0 aliphatic carbocycles. The Kier molecular flexibility index (Phi) is 5.22. The number of anilines is 1. The van der Waals surface area contributed by atoms with E-state index in [0.29, 0.717) is 31.1 Å². The molecule has 3 aromatic rings. The van der Waals surface area contributed by atoms with E-state index >= 15 is 0 Å². The van der Waals surface area contributed by atoms with Crippen molar-refractivity contribution in [3.8, 4) is 11.4 Å². The minimum absolute atomic E-state index is 0.000385. The van der Waals surface area contributed by atoms with Crippen LogP contribution in [-0.2, 0) is 11.3 Å². The first-order valence-electron chi connectivity index (χ1n) is 9.44. The van der Waals surface area contributed by atoms with Crippen molar-refractivity contribution in [1.82, 2.24) is 19.7 Å². The van der Waals surface area contributed by atoms with Crippen LogP contribution in [0.1, 0.15) is 11.3 Å². The molecule has 29 heavy (non-hydrogen) atoms. The monoisotopic (exact) mass is 394 g/mol. The summed E-state index contributed by atoms with van der Waals surface area (Å²) >= 11 is 0. The third kappa shape index (κ3) is 4.40. The number of ether oxygens (including phenoxy) is 1. The predicted octanol–water partition coefficient (Wildman–Crippen LogP) is 2.77. The highest BCUT2D eigenvalue weighted by atomic mass is 16.6. The van der Waals surface area contributed by atoms with Gasteiger partial charge >= 0.3 is 0 Å². The third-order valence-electron chi connectivity index (χ3n) is 4.77. The highest BCUT2D eigenvalue weighted by molar-refractivity contribution is 5.61. The number of non-ortho nitro benzene ring substituents is 1. The summed E-state index contributed by atoms with van der Waals surface area (Å²) in [5.41, 5.74) is 2.57. The van der Waals surface area contributed by atoms with Gasteiger partial charge in [0, 0.05) is 48.7 Å². The van der Waals surface area contributed by atoms with Gasteiger partial charge in [-0.15, -0.1) is 0 Å². The summed E-state index contributed by atoms with van der Waals surface area (Å²) in [6.07, 6.45) is 3.83. The standard InChI is InChI=1S/C20H22N6O3/c1-14-10-21-25(11-14)13-18-12-24(6-7-29-18)19-8-15(2)22-20(23-19)16-4-3-5-17(9-16)26(27)28/h3-5,8-11,18H,6-7,12-13H2,1-2H3. The Bertz CT molecular complexity index is 1030. The Morgan fingerprint density at radius 3 is 2.90 bits per heavy atom. The van der Waals surface area contributed by atoms with E-state index < -0.39 is 4.92 Å². The highest BCUT2D eigenvalue weighted by Crippen LogP contribution is 2.24. The van der Waals surface area contributed by atoms with Gasteiger partial charge in [-0.2, -0.15) is 5.10 Å². The lowest BCUT2D eigenvalue weighted by molar-refractivity contribution is -0.384. The Balaban J connectivity index is 1.56. The van der Waals surface area contributed by atoms with Crippen LogP contribution in [0.4, 0.5) is 11.5 Å². The number of hydrogen-bond donors (Lipinski definition) is 0. The number of nitro benzene ring substituents is 1. The summed E-state index contributed by atoms with van der Waals surface area (Å²) in [5.74, 6) is 1.28. The lowest BCUT2D eigenvalue weighted by Crippen LogP contribution is -2.44. The molecule has 4 rings (SSSR count). The number of nitrogens with zero attached hydrogens (tertiary/aromatic N) is 6. The fraction of sp³-hybridized carbons (Fsp3) is 0.350. The number of benzene rings is 1. The van der Waals surface area contributed by atoms with E-state index in [4.69, 9.17) is 4.74 Å². The van der Waals surface area contributed by atoms with Crippen LogP contribution >= 0.6 is 0 Å². The minimum Gasteiger partial charge on any atom is -0.373 e. The van der Waals surface area contributed by atoms with Gasteiger partial charge < -0.3 is 9.64 Å². The zero-order chi connectivity index (χ0) is 20.4. The molecular formula is C20H22N6O3. The number of aryl methyl sites for hydroxylation is 2. The van der Waals surface area contributed by atoms with Crippen molar-refractivity contribution in [1.29, 1.82) is 0 Å². The van der Waals surface area contributed by atoms with Gasteiger partial charge in [-0.3, -0.25) is 14.8 Å². The molecule has 1 atom stereocenters. The molecule has 1 aromatic carbocycles. The molecule has 0 spiro atoms. The lowest BCUT2D eigenvalue weighted by atomic mass is 10.2. The molecule has 2 aromatic heterocycles. The second kappa shape index (κ2) is 7.96. The Morgan fingerprint density at radius 2 is 2.14 bits per heavy atom. The molecular weight excluding hydrogens is 372 g/mol. The predicted molar refractivity (Wildman–Crippen MR) is 108 cm³/mol. The molecule has 0 saturated carbocycles. The molecule has 1 fully saturated rings. The van der Waals surface area contributed by atoms with Gasteiger partial charge in [-0.25, -0.2) is 9.97 Å². The zero-order valence-electron chi connectivity index (χ0n) is 16.4. The van der Waals surface area contributed by atoms with Crippen molar-refractivity contribution < 1.29 is 9.66 Å². The fourth-order valence-electron chi connectivity index (χ4n) is 3.41. The molecule has 1 aliphatic rings.